The minimum Gasteiger partial charge on any atom is -0.316 e. The van der Waals surface area contributed by atoms with Gasteiger partial charge in [0, 0.05) is 18.4 Å². The predicted molar refractivity (Wildman–Crippen MR) is 59.3 cm³/mol. The highest BCUT2D eigenvalue weighted by molar-refractivity contribution is 5.85. The second-order valence-corrected chi connectivity index (χ2v) is 4.76. The molecule has 1 aliphatic heterocycles. The molecule has 0 aromatic carbocycles. The molecule has 1 N–H and O–H groups in total. The zero-order valence-corrected chi connectivity index (χ0v) is 9.73. The molecular weight excluding hydrogens is 174 g/mol. The van der Waals surface area contributed by atoms with Crippen molar-refractivity contribution < 1.29 is 4.79 Å². The first-order chi connectivity index (χ1) is 6.63. The average molecular weight is 197 g/mol. The molecule has 2 nitrogen and oxygen atoms in total. The zero-order chi connectivity index (χ0) is 10.6. The van der Waals surface area contributed by atoms with Crippen LogP contribution in [-0.2, 0) is 4.79 Å². The van der Waals surface area contributed by atoms with Crippen LogP contribution in [0.1, 0.15) is 46.5 Å². The lowest BCUT2D eigenvalue weighted by molar-refractivity contribution is -0.130. The Morgan fingerprint density at radius 3 is 2.64 bits per heavy atom. The fraction of sp³-hybridized carbons (Fsp3) is 0.917. The third-order valence-electron chi connectivity index (χ3n) is 3.61. The van der Waals surface area contributed by atoms with Crippen molar-refractivity contribution >= 4 is 5.78 Å². The normalized spacial score (nSPS) is 27.1. The summed E-state index contributed by atoms with van der Waals surface area (Å²) in [7, 11) is 0. The lowest BCUT2D eigenvalue weighted by atomic mass is 9.72. The molecule has 1 atom stereocenters. The molecule has 1 unspecified atom stereocenters. The van der Waals surface area contributed by atoms with Crippen LogP contribution in [0.4, 0.5) is 0 Å². The molecule has 1 saturated heterocycles. The van der Waals surface area contributed by atoms with Gasteiger partial charge in [0.05, 0.1) is 0 Å². The molecule has 1 fully saturated rings. The van der Waals surface area contributed by atoms with Crippen molar-refractivity contribution in [2.24, 2.45) is 11.3 Å². The molecule has 1 rings (SSSR count). The average Bonchev–Trinajstić information content (AvgIpc) is 2.63. The first-order valence-electron chi connectivity index (χ1n) is 5.87. The van der Waals surface area contributed by atoms with Gasteiger partial charge in [-0.1, -0.05) is 27.2 Å². The summed E-state index contributed by atoms with van der Waals surface area (Å²) in [4.78, 5) is 12.1. The predicted octanol–water partition coefficient (Wildman–Crippen LogP) is 2.38. The van der Waals surface area contributed by atoms with Gasteiger partial charge < -0.3 is 5.32 Å². The number of nitrogens with one attached hydrogen (secondary N) is 1. The topological polar surface area (TPSA) is 29.1 Å². The van der Waals surface area contributed by atoms with Crippen molar-refractivity contribution in [1.29, 1.82) is 0 Å². The third kappa shape index (κ3) is 2.17. The van der Waals surface area contributed by atoms with E-state index in [9.17, 15) is 4.79 Å². The maximum Gasteiger partial charge on any atom is 0.140 e. The Hall–Kier alpha value is -0.370. The summed E-state index contributed by atoms with van der Waals surface area (Å²) in [5, 5.41) is 3.33. The third-order valence-corrected chi connectivity index (χ3v) is 3.61. The first-order valence-corrected chi connectivity index (χ1v) is 5.87. The standard InChI is InChI=1S/C12H23NO/c1-4-5-6-11(14)12(10(2)3)7-8-13-9-12/h10,13H,4-9H2,1-3H3. The monoisotopic (exact) mass is 197 g/mol. The van der Waals surface area contributed by atoms with Crippen LogP contribution in [-0.4, -0.2) is 18.9 Å². The van der Waals surface area contributed by atoms with Gasteiger partial charge in [0.1, 0.15) is 5.78 Å². The molecule has 0 aromatic rings. The Labute approximate surface area is 87.5 Å². The van der Waals surface area contributed by atoms with Gasteiger partial charge >= 0.3 is 0 Å². The molecular formula is C12H23NO. The van der Waals surface area contributed by atoms with E-state index in [0.29, 0.717) is 11.7 Å². The lowest BCUT2D eigenvalue weighted by Gasteiger charge is -2.31. The summed E-state index contributed by atoms with van der Waals surface area (Å²) >= 11 is 0. The number of unbranched alkanes of at least 4 members (excludes halogenated alkanes) is 1. The van der Waals surface area contributed by atoms with Gasteiger partial charge in [0.25, 0.3) is 0 Å². The largest absolute Gasteiger partial charge is 0.316 e. The van der Waals surface area contributed by atoms with Crippen LogP contribution in [0.15, 0.2) is 0 Å². The molecule has 0 aliphatic carbocycles. The van der Waals surface area contributed by atoms with Crippen LogP contribution in [0.3, 0.4) is 0 Å². The van der Waals surface area contributed by atoms with Crippen LogP contribution >= 0.6 is 0 Å². The Bertz CT molecular complexity index is 192. The van der Waals surface area contributed by atoms with Crippen LogP contribution in [0.2, 0.25) is 0 Å². The minimum atomic E-state index is -0.0465. The van der Waals surface area contributed by atoms with E-state index < -0.39 is 0 Å². The molecule has 0 aromatic heterocycles. The molecule has 0 bridgehead atoms. The number of ketones is 1. The highest BCUT2D eigenvalue weighted by atomic mass is 16.1. The Morgan fingerprint density at radius 2 is 2.21 bits per heavy atom. The molecule has 0 radical (unpaired) electrons. The van der Waals surface area contributed by atoms with Crippen LogP contribution in [0, 0.1) is 11.3 Å². The maximum atomic E-state index is 12.1. The van der Waals surface area contributed by atoms with Crippen LogP contribution < -0.4 is 5.32 Å². The summed E-state index contributed by atoms with van der Waals surface area (Å²) in [6.45, 7) is 8.40. The SMILES string of the molecule is CCCCC(=O)C1(C(C)C)CCNC1. The van der Waals surface area contributed by atoms with Crippen molar-refractivity contribution in [3.05, 3.63) is 0 Å². The molecule has 1 heterocycles. The van der Waals surface area contributed by atoms with Crippen molar-refractivity contribution in [3.63, 3.8) is 0 Å². The first kappa shape index (κ1) is 11.7. The number of rotatable bonds is 5. The van der Waals surface area contributed by atoms with Gasteiger partial charge in [-0.3, -0.25) is 4.79 Å². The fourth-order valence-corrected chi connectivity index (χ4v) is 2.35. The van der Waals surface area contributed by atoms with Crippen molar-refractivity contribution in [1.82, 2.24) is 5.32 Å². The van der Waals surface area contributed by atoms with E-state index in [1.165, 1.54) is 0 Å². The maximum absolute atomic E-state index is 12.1. The zero-order valence-electron chi connectivity index (χ0n) is 9.73. The molecule has 1 aliphatic rings. The molecule has 2 heteroatoms. The van der Waals surface area contributed by atoms with E-state index in [0.717, 1.165) is 38.8 Å². The van der Waals surface area contributed by atoms with E-state index in [1.807, 2.05) is 0 Å². The number of carbonyl (C=O) groups is 1. The summed E-state index contributed by atoms with van der Waals surface area (Å²) in [6.07, 6.45) is 3.98. The van der Waals surface area contributed by atoms with Gasteiger partial charge in [-0.2, -0.15) is 0 Å². The molecule has 14 heavy (non-hydrogen) atoms. The van der Waals surface area contributed by atoms with Crippen LogP contribution in [0.5, 0.6) is 0 Å². The van der Waals surface area contributed by atoms with Gasteiger partial charge in [0.15, 0.2) is 0 Å². The Balaban J connectivity index is 2.62. The summed E-state index contributed by atoms with van der Waals surface area (Å²) in [5.74, 6) is 0.959. The highest BCUT2D eigenvalue weighted by Gasteiger charge is 2.42. The minimum absolute atomic E-state index is 0.0465. The highest BCUT2D eigenvalue weighted by Crippen LogP contribution is 2.36. The number of Topliss-reactive ketones (excluding diaryl/α,β-unsaturated/α-hetero) is 1. The van der Waals surface area contributed by atoms with Crippen LogP contribution in [0.25, 0.3) is 0 Å². The van der Waals surface area contributed by atoms with E-state index >= 15 is 0 Å². The number of carbonyl (C=O) groups excluding carboxylic acids is 1. The quantitative estimate of drug-likeness (QED) is 0.733. The second kappa shape index (κ2) is 4.92. The van der Waals surface area contributed by atoms with E-state index in [1.54, 1.807) is 0 Å². The number of hydrogen-bond donors (Lipinski definition) is 1. The van der Waals surface area contributed by atoms with Gasteiger partial charge in [-0.25, -0.2) is 0 Å². The lowest BCUT2D eigenvalue weighted by Crippen LogP contribution is -2.38. The van der Waals surface area contributed by atoms with Crippen molar-refractivity contribution in [2.75, 3.05) is 13.1 Å². The summed E-state index contributed by atoms with van der Waals surface area (Å²) in [5.41, 5.74) is -0.0465. The van der Waals surface area contributed by atoms with Gasteiger partial charge in [-0.15, -0.1) is 0 Å². The molecule has 82 valence electrons. The second-order valence-electron chi connectivity index (χ2n) is 4.76. The van der Waals surface area contributed by atoms with Gasteiger partial charge in [-0.05, 0) is 25.3 Å². The van der Waals surface area contributed by atoms with E-state index in [2.05, 4.69) is 26.1 Å². The molecule has 0 saturated carbocycles. The summed E-state index contributed by atoms with van der Waals surface area (Å²) in [6, 6.07) is 0. The van der Waals surface area contributed by atoms with E-state index in [4.69, 9.17) is 0 Å². The van der Waals surface area contributed by atoms with Crippen molar-refractivity contribution in [2.45, 2.75) is 46.5 Å². The Kier molecular flexibility index (Phi) is 4.11. The summed E-state index contributed by atoms with van der Waals surface area (Å²) < 4.78 is 0. The van der Waals surface area contributed by atoms with E-state index in [-0.39, 0.29) is 5.41 Å². The molecule has 0 spiro atoms. The fourth-order valence-electron chi connectivity index (χ4n) is 2.35. The molecule has 0 amide bonds. The number of hydrogen-bond acceptors (Lipinski definition) is 2. The Morgan fingerprint density at radius 1 is 1.50 bits per heavy atom. The smallest absolute Gasteiger partial charge is 0.140 e. The van der Waals surface area contributed by atoms with Crippen molar-refractivity contribution in [3.8, 4) is 0 Å². The van der Waals surface area contributed by atoms with Gasteiger partial charge in [0.2, 0.25) is 0 Å².